The third-order valence-corrected chi connectivity index (χ3v) is 2.92. The molecule has 0 saturated heterocycles. The van der Waals surface area contributed by atoms with Gasteiger partial charge in [-0.1, -0.05) is 11.6 Å². The summed E-state index contributed by atoms with van der Waals surface area (Å²) in [7, 11) is 1.68. The van der Waals surface area contributed by atoms with E-state index in [0.717, 1.165) is 17.8 Å². The molecule has 2 aromatic rings. The summed E-state index contributed by atoms with van der Waals surface area (Å²) in [4.78, 5) is 8.52. The highest BCUT2D eigenvalue weighted by Crippen LogP contribution is 2.13. The molecule has 0 fully saturated rings. The first-order valence-electron chi connectivity index (χ1n) is 5.93. The second kappa shape index (κ2) is 6.60. The second-order valence-corrected chi connectivity index (χ2v) is 4.48. The highest BCUT2D eigenvalue weighted by atomic mass is 35.5. The molecular weight excluding hydrogens is 266 g/mol. The number of nitrogens with one attached hydrogen (secondary N) is 1. The monoisotopic (exact) mass is 281 g/mol. The summed E-state index contributed by atoms with van der Waals surface area (Å²) < 4.78 is 6.52. The lowest BCUT2D eigenvalue weighted by atomic mass is 10.3. The van der Waals surface area contributed by atoms with E-state index in [0.29, 0.717) is 24.1 Å². The van der Waals surface area contributed by atoms with Crippen LogP contribution in [0.15, 0.2) is 18.6 Å². The van der Waals surface area contributed by atoms with Crippen LogP contribution in [0.2, 0.25) is 5.02 Å². The number of nitrogens with zero attached hydrogens (tertiary/aromatic N) is 4. The Bertz CT molecular complexity index is 506. The Morgan fingerprint density at radius 2 is 2.11 bits per heavy atom. The summed E-state index contributed by atoms with van der Waals surface area (Å²) >= 11 is 5.95. The number of hydrogen-bond acceptors (Lipinski definition) is 5. The van der Waals surface area contributed by atoms with E-state index in [1.807, 2.05) is 6.92 Å². The number of aryl methyl sites for hydroxylation is 1. The summed E-state index contributed by atoms with van der Waals surface area (Å²) in [5, 5.41) is 8.06. The van der Waals surface area contributed by atoms with Gasteiger partial charge >= 0.3 is 0 Å². The van der Waals surface area contributed by atoms with E-state index in [9.17, 15) is 0 Å². The molecule has 6 nitrogen and oxygen atoms in total. The predicted molar refractivity (Wildman–Crippen MR) is 72.5 cm³/mol. The first-order valence-corrected chi connectivity index (χ1v) is 6.31. The summed E-state index contributed by atoms with van der Waals surface area (Å²) in [5.74, 6) is 0.510. The molecule has 0 radical (unpaired) electrons. The van der Waals surface area contributed by atoms with E-state index in [2.05, 4.69) is 20.4 Å². The van der Waals surface area contributed by atoms with Crippen molar-refractivity contribution in [3.05, 3.63) is 34.9 Å². The minimum Gasteiger partial charge on any atom is -0.383 e. The van der Waals surface area contributed by atoms with Crippen molar-refractivity contribution in [1.82, 2.24) is 25.1 Å². The van der Waals surface area contributed by atoms with Crippen LogP contribution in [0.1, 0.15) is 11.3 Å². The van der Waals surface area contributed by atoms with E-state index in [1.165, 1.54) is 0 Å². The van der Waals surface area contributed by atoms with Gasteiger partial charge in [0, 0.05) is 38.2 Å². The second-order valence-electron chi connectivity index (χ2n) is 4.07. The minimum atomic E-state index is 0.510. The van der Waals surface area contributed by atoms with Gasteiger partial charge in [0.2, 0.25) is 5.95 Å². The van der Waals surface area contributed by atoms with Gasteiger partial charge in [0.1, 0.15) is 0 Å². The molecule has 0 spiro atoms. The highest BCUT2D eigenvalue weighted by molar-refractivity contribution is 6.31. The first kappa shape index (κ1) is 13.9. The van der Waals surface area contributed by atoms with Crippen molar-refractivity contribution in [1.29, 1.82) is 0 Å². The van der Waals surface area contributed by atoms with Crippen molar-refractivity contribution in [2.24, 2.45) is 0 Å². The zero-order chi connectivity index (χ0) is 13.7. The number of halogens is 1. The number of hydrogen-bond donors (Lipinski definition) is 1. The lowest BCUT2D eigenvalue weighted by Gasteiger charge is -2.04. The zero-order valence-corrected chi connectivity index (χ0v) is 11.7. The fourth-order valence-electron chi connectivity index (χ4n) is 1.51. The van der Waals surface area contributed by atoms with Crippen molar-refractivity contribution >= 4 is 11.6 Å². The highest BCUT2D eigenvalue weighted by Gasteiger charge is 2.06. The van der Waals surface area contributed by atoms with Crippen LogP contribution >= 0.6 is 11.6 Å². The van der Waals surface area contributed by atoms with Crippen LogP contribution in [-0.2, 0) is 11.3 Å². The van der Waals surface area contributed by atoms with Crippen molar-refractivity contribution in [3.63, 3.8) is 0 Å². The van der Waals surface area contributed by atoms with Gasteiger partial charge in [0.15, 0.2) is 0 Å². The molecule has 0 unspecified atom stereocenters. The zero-order valence-electron chi connectivity index (χ0n) is 10.9. The molecule has 102 valence electrons. The van der Waals surface area contributed by atoms with Gasteiger partial charge in [0.05, 0.1) is 23.5 Å². The van der Waals surface area contributed by atoms with Crippen LogP contribution in [0.25, 0.3) is 5.95 Å². The summed E-state index contributed by atoms with van der Waals surface area (Å²) in [6, 6.07) is 0. The van der Waals surface area contributed by atoms with E-state index in [1.54, 1.807) is 30.4 Å². The standard InChI is InChI=1S/C12H16ClN5O/c1-9-11(13)8-18(17-9)12-15-6-10(7-16-12)5-14-3-4-19-2/h6-8,14H,3-5H2,1-2H3. The average Bonchev–Trinajstić information content (AvgIpc) is 2.76. The van der Waals surface area contributed by atoms with Gasteiger partial charge in [-0.3, -0.25) is 0 Å². The van der Waals surface area contributed by atoms with Gasteiger partial charge in [-0.15, -0.1) is 0 Å². The van der Waals surface area contributed by atoms with E-state index >= 15 is 0 Å². The van der Waals surface area contributed by atoms with Crippen molar-refractivity contribution in [2.75, 3.05) is 20.3 Å². The molecule has 2 aromatic heterocycles. The molecule has 0 aliphatic carbocycles. The lowest BCUT2D eigenvalue weighted by molar-refractivity contribution is 0.199. The minimum absolute atomic E-state index is 0.510. The number of ether oxygens (including phenoxy) is 1. The molecule has 0 aromatic carbocycles. The van der Waals surface area contributed by atoms with Gasteiger partial charge in [0.25, 0.3) is 0 Å². The van der Waals surface area contributed by atoms with Crippen molar-refractivity contribution in [3.8, 4) is 5.95 Å². The Kier molecular flexibility index (Phi) is 4.84. The third-order valence-electron chi connectivity index (χ3n) is 2.55. The smallest absolute Gasteiger partial charge is 0.250 e. The number of aromatic nitrogens is 4. The van der Waals surface area contributed by atoms with Crippen LogP contribution in [0.4, 0.5) is 0 Å². The van der Waals surface area contributed by atoms with Gasteiger partial charge in [-0.25, -0.2) is 14.6 Å². The SMILES string of the molecule is COCCNCc1cnc(-n2cc(Cl)c(C)n2)nc1. The summed E-state index contributed by atoms with van der Waals surface area (Å²) in [6.07, 6.45) is 5.24. The van der Waals surface area contributed by atoms with Crippen LogP contribution in [0.3, 0.4) is 0 Å². The maximum atomic E-state index is 5.95. The van der Waals surface area contributed by atoms with Gasteiger partial charge in [-0.05, 0) is 6.92 Å². The Hall–Kier alpha value is -1.50. The van der Waals surface area contributed by atoms with Crippen molar-refractivity contribution < 1.29 is 4.74 Å². The summed E-state index contributed by atoms with van der Waals surface area (Å²) in [5.41, 5.74) is 1.77. The van der Waals surface area contributed by atoms with Gasteiger partial charge in [-0.2, -0.15) is 5.10 Å². The van der Waals surface area contributed by atoms with Crippen LogP contribution in [-0.4, -0.2) is 40.0 Å². The molecule has 2 rings (SSSR count). The normalized spacial score (nSPS) is 10.9. The maximum absolute atomic E-state index is 5.95. The topological polar surface area (TPSA) is 64.9 Å². The van der Waals surface area contributed by atoms with E-state index in [4.69, 9.17) is 16.3 Å². The predicted octanol–water partition coefficient (Wildman–Crippen LogP) is 1.36. The van der Waals surface area contributed by atoms with Crippen LogP contribution in [0.5, 0.6) is 0 Å². The number of methoxy groups -OCH3 is 1. The van der Waals surface area contributed by atoms with E-state index < -0.39 is 0 Å². The quantitative estimate of drug-likeness (QED) is 0.810. The Morgan fingerprint density at radius 3 is 2.68 bits per heavy atom. The summed E-state index contributed by atoms with van der Waals surface area (Å²) in [6.45, 7) is 4.03. The molecule has 19 heavy (non-hydrogen) atoms. The van der Waals surface area contributed by atoms with Crippen molar-refractivity contribution in [2.45, 2.75) is 13.5 Å². The molecule has 0 saturated carbocycles. The third kappa shape index (κ3) is 3.73. The molecule has 2 heterocycles. The Balaban J connectivity index is 1.98. The Labute approximate surface area is 116 Å². The molecule has 7 heteroatoms. The Morgan fingerprint density at radius 1 is 1.37 bits per heavy atom. The lowest BCUT2D eigenvalue weighted by Crippen LogP contribution is -2.18. The van der Waals surface area contributed by atoms with E-state index in [-0.39, 0.29) is 0 Å². The van der Waals surface area contributed by atoms with Crippen LogP contribution in [0, 0.1) is 6.92 Å². The van der Waals surface area contributed by atoms with Crippen LogP contribution < -0.4 is 5.32 Å². The van der Waals surface area contributed by atoms with Gasteiger partial charge < -0.3 is 10.1 Å². The average molecular weight is 282 g/mol. The first-order chi connectivity index (χ1) is 9.20. The molecule has 1 N–H and O–H groups in total. The molecule has 0 atom stereocenters. The molecule has 0 bridgehead atoms. The maximum Gasteiger partial charge on any atom is 0.250 e. The fourth-order valence-corrected chi connectivity index (χ4v) is 1.64. The number of rotatable bonds is 6. The fraction of sp³-hybridized carbons (Fsp3) is 0.417. The molecular formula is C12H16ClN5O. The molecule has 0 aliphatic rings. The largest absolute Gasteiger partial charge is 0.383 e. The molecule has 0 amide bonds. The molecule has 0 aliphatic heterocycles.